The molecule has 0 aliphatic carbocycles. The number of nitrogens with zero attached hydrogens (tertiary/aromatic N) is 1. The van der Waals surface area contributed by atoms with Crippen LogP contribution in [0.25, 0.3) is 0 Å². The number of rotatable bonds is 3. The standard InChI is InChI=1S/C4H8FN3/c1-4(6)2-7-8-3-5/h2,6,8H,3H2,1H3/b6-4?,7-2-. The van der Waals surface area contributed by atoms with E-state index in [0.717, 1.165) is 0 Å². The van der Waals surface area contributed by atoms with Gasteiger partial charge < -0.3 is 5.41 Å². The fourth-order valence-corrected chi connectivity index (χ4v) is 0.177. The van der Waals surface area contributed by atoms with Crippen molar-refractivity contribution in [1.82, 2.24) is 5.43 Å². The molecule has 46 valence electrons. The Labute approximate surface area is 47.1 Å². The van der Waals surface area contributed by atoms with Crippen molar-refractivity contribution in [3.05, 3.63) is 0 Å². The molecule has 3 nitrogen and oxygen atoms in total. The summed E-state index contributed by atoms with van der Waals surface area (Å²) in [6, 6.07) is 0. The number of hydrazone groups is 1. The van der Waals surface area contributed by atoms with Gasteiger partial charge in [0.15, 0.2) is 6.80 Å². The van der Waals surface area contributed by atoms with Crippen molar-refractivity contribution in [3.8, 4) is 0 Å². The van der Waals surface area contributed by atoms with E-state index in [2.05, 4.69) is 5.10 Å². The minimum atomic E-state index is -0.691. The molecule has 0 aromatic rings. The number of hydrogen-bond acceptors (Lipinski definition) is 3. The van der Waals surface area contributed by atoms with Crippen LogP contribution in [-0.2, 0) is 0 Å². The van der Waals surface area contributed by atoms with Crippen LogP contribution in [0.2, 0.25) is 0 Å². The second kappa shape index (κ2) is 4.23. The smallest absolute Gasteiger partial charge is 0.174 e. The Hall–Kier alpha value is -0.930. The molecule has 0 rings (SSSR count). The summed E-state index contributed by atoms with van der Waals surface area (Å²) in [6.07, 6.45) is 1.24. The minimum Gasteiger partial charge on any atom is -0.304 e. The third-order valence-corrected chi connectivity index (χ3v) is 0.409. The molecule has 0 radical (unpaired) electrons. The van der Waals surface area contributed by atoms with E-state index in [1.807, 2.05) is 5.43 Å². The van der Waals surface area contributed by atoms with Gasteiger partial charge in [0.1, 0.15) is 0 Å². The van der Waals surface area contributed by atoms with Gasteiger partial charge in [-0.2, -0.15) is 5.10 Å². The van der Waals surface area contributed by atoms with Crippen LogP contribution in [0.15, 0.2) is 5.10 Å². The average molecular weight is 117 g/mol. The van der Waals surface area contributed by atoms with E-state index in [0.29, 0.717) is 5.71 Å². The van der Waals surface area contributed by atoms with Crippen LogP contribution in [-0.4, -0.2) is 18.7 Å². The van der Waals surface area contributed by atoms with Gasteiger partial charge in [0.2, 0.25) is 0 Å². The van der Waals surface area contributed by atoms with Gasteiger partial charge in [0.05, 0.1) is 6.21 Å². The maximum atomic E-state index is 11.1. The third-order valence-electron chi connectivity index (χ3n) is 0.409. The molecule has 0 atom stereocenters. The molecular weight excluding hydrogens is 109 g/mol. The van der Waals surface area contributed by atoms with E-state index in [1.165, 1.54) is 6.21 Å². The average Bonchev–Trinajstić information content (AvgIpc) is 1.66. The van der Waals surface area contributed by atoms with Gasteiger partial charge in [0.25, 0.3) is 0 Å². The second-order valence-electron chi connectivity index (χ2n) is 1.23. The van der Waals surface area contributed by atoms with E-state index < -0.39 is 6.80 Å². The molecule has 0 aliphatic heterocycles. The molecule has 0 unspecified atom stereocenters. The lowest BCUT2D eigenvalue weighted by atomic mass is 10.5. The lowest BCUT2D eigenvalue weighted by molar-refractivity contribution is 0.436. The normalized spacial score (nSPS) is 9.75. The summed E-state index contributed by atoms with van der Waals surface area (Å²) < 4.78 is 11.1. The Morgan fingerprint density at radius 1 is 2.00 bits per heavy atom. The summed E-state index contributed by atoms with van der Waals surface area (Å²) in [5.41, 5.74) is 2.34. The highest BCUT2D eigenvalue weighted by Crippen LogP contribution is 1.62. The summed E-state index contributed by atoms with van der Waals surface area (Å²) in [5.74, 6) is 0. The fraction of sp³-hybridized carbons (Fsp3) is 0.500. The quantitative estimate of drug-likeness (QED) is 0.316. The molecule has 2 N–H and O–H groups in total. The van der Waals surface area contributed by atoms with Crippen molar-refractivity contribution in [3.63, 3.8) is 0 Å². The monoisotopic (exact) mass is 117 g/mol. The van der Waals surface area contributed by atoms with Crippen molar-refractivity contribution in [2.24, 2.45) is 5.10 Å². The Morgan fingerprint density at radius 2 is 2.62 bits per heavy atom. The Morgan fingerprint density at radius 3 is 3.00 bits per heavy atom. The van der Waals surface area contributed by atoms with Crippen LogP contribution in [0.3, 0.4) is 0 Å². The highest BCUT2D eigenvalue weighted by Gasteiger charge is 1.74. The van der Waals surface area contributed by atoms with Gasteiger partial charge in [-0.3, -0.25) is 5.43 Å². The molecule has 0 saturated carbocycles. The Bertz CT molecular complexity index is 99.5. The number of nitrogens with one attached hydrogen (secondary N) is 2. The molecule has 0 aliphatic rings. The number of hydrogen-bond donors (Lipinski definition) is 2. The predicted octanol–water partition coefficient (Wildman–Crippen LogP) is 0.528. The topological polar surface area (TPSA) is 48.2 Å². The van der Waals surface area contributed by atoms with Crippen LogP contribution in [0.5, 0.6) is 0 Å². The van der Waals surface area contributed by atoms with E-state index in [4.69, 9.17) is 5.41 Å². The summed E-state index contributed by atoms with van der Waals surface area (Å²) in [7, 11) is 0. The molecule has 0 aromatic heterocycles. The van der Waals surface area contributed by atoms with Gasteiger partial charge in [-0.25, -0.2) is 4.39 Å². The zero-order chi connectivity index (χ0) is 6.41. The number of halogens is 1. The maximum absolute atomic E-state index is 11.1. The summed E-state index contributed by atoms with van der Waals surface area (Å²) in [4.78, 5) is 0. The van der Waals surface area contributed by atoms with Gasteiger partial charge in [-0.1, -0.05) is 0 Å². The summed E-state index contributed by atoms with van der Waals surface area (Å²) in [6.45, 7) is 0.868. The molecule has 4 heteroatoms. The van der Waals surface area contributed by atoms with Gasteiger partial charge in [-0.15, -0.1) is 0 Å². The minimum absolute atomic E-state index is 0.297. The number of alkyl halides is 1. The first-order chi connectivity index (χ1) is 3.77. The molecule has 0 saturated heterocycles. The van der Waals surface area contributed by atoms with E-state index in [-0.39, 0.29) is 0 Å². The molecule has 8 heavy (non-hydrogen) atoms. The molecular formula is C4H8FN3. The zero-order valence-electron chi connectivity index (χ0n) is 4.61. The Balaban J connectivity index is 3.20. The molecule has 0 fully saturated rings. The van der Waals surface area contributed by atoms with E-state index in [9.17, 15) is 4.39 Å². The molecule has 0 spiro atoms. The predicted molar refractivity (Wildman–Crippen MR) is 31.0 cm³/mol. The fourth-order valence-electron chi connectivity index (χ4n) is 0.177. The van der Waals surface area contributed by atoms with E-state index >= 15 is 0 Å². The molecule has 0 bridgehead atoms. The van der Waals surface area contributed by atoms with Crippen molar-refractivity contribution >= 4 is 11.9 Å². The lowest BCUT2D eigenvalue weighted by Crippen LogP contribution is -2.03. The summed E-state index contributed by atoms with van der Waals surface area (Å²) >= 11 is 0. The molecule has 0 heterocycles. The van der Waals surface area contributed by atoms with E-state index in [1.54, 1.807) is 6.92 Å². The largest absolute Gasteiger partial charge is 0.304 e. The van der Waals surface area contributed by atoms with Gasteiger partial charge >= 0.3 is 0 Å². The molecule has 0 aromatic carbocycles. The van der Waals surface area contributed by atoms with Crippen LogP contribution in [0.1, 0.15) is 6.92 Å². The highest BCUT2D eigenvalue weighted by atomic mass is 19.1. The van der Waals surface area contributed by atoms with Crippen molar-refractivity contribution < 1.29 is 4.39 Å². The second-order valence-corrected chi connectivity index (χ2v) is 1.23. The van der Waals surface area contributed by atoms with Crippen molar-refractivity contribution in [2.75, 3.05) is 6.80 Å². The van der Waals surface area contributed by atoms with Crippen LogP contribution >= 0.6 is 0 Å². The summed E-state index contributed by atoms with van der Waals surface area (Å²) in [5, 5.41) is 10.1. The first-order valence-electron chi connectivity index (χ1n) is 2.14. The van der Waals surface area contributed by atoms with Gasteiger partial charge in [-0.05, 0) is 6.92 Å². The first-order valence-corrected chi connectivity index (χ1v) is 2.14. The first kappa shape index (κ1) is 7.07. The maximum Gasteiger partial charge on any atom is 0.174 e. The van der Waals surface area contributed by atoms with Gasteiger partial charge in [0, 0.05) is 5.71 Å². The highest BCUT2D eigenvalue weighted by molar-refractivity contribution is 6.27. The third kappa shape index (κ3) is 5.07. The van der Waals surface area contributed by atoms with Crippen LogP contribution in [0.4, 0.5) is 4.39 Å². The van der Waals surface area contributed by atoms with Crippen molar-refractivity contribution in [2.45, 2.75) is 6.92 Å². The van der Waals surface area contributed by atoms with Crippen LogP contribution < -0.4 is 5.43 Å². The lowest BCUT2D eigenvalue weighted by Gasteiger charge is -1.85. The zero-order valence-corrected chi connectivity index (χ0v) is 4.61. The Kier molecular flexibility index (Phi) is 3.74. The SMILES string of the molecule is CC(=N)/C=N\NCF. The van der Waals surface area contributed by atoms with Crippen molar-refractivity contribution in [1.29, 1.82) is 5.41 Å². The molecule has 0 amide bonds. The van der Waals surface area contributed by atoms with Crippen LogP contribution in [0, 0.1) is 5.41 Å².